The number of amides is 1. The van der Waals surface area contributed by atoms with Gasteiger partial charge >= 0.3 is 6.01 Å². The lowest BCUT2D eigenvalue weighted by Gasteiger charge is -2.28. The maximum atomic E-state index is 13.6. The first-order valence-electron chi connectivity index (χ1n) is 13.1. The van der Waals surface area contributed by atoms with Crippen molar-refractivity contribution in [2.45, 2.75) is 25.7 Å². The normalized spacial score (nSPS) is 16.9. The number of benzene rings is 2. The van der Waals surface area contributed by atoms with Crippen molar-refractivity contribution in [2.75, 3.05) is 26.4 Å². The summed E-state index contributed by atoms with van der Waals surface area (Å²) in [4.78, 5) is 29.2. The Bertz CT molecular complexity index is 1390. The molecule has 4 aromatic rings. The summed E-state index contributed by atoms with van der Waals surface area (Å²) in [7, 11) is 0. The Morgan fingerprint density at radius 1 is 1.07 bits per heavy atom. The van der Waals surface area contributed by atoms with E-state index in [2.05, 4.69) is 20.3 Å². The zero-order chi connectivity index (χ0) is 27.7. The van der Waals surface area contributed by atoms with Gasteiger partial charge in [0.15, 0.2) is 6.29 Å². The minimum atomic E-state index is -0.596. The topological polar surface area (TPSA) is 131 Å². The summed E-state index contributed by atoms with van der Waals surface area (Å²) in [5, 5.41) is 11.9. The predicted octanol–water partition coefficient (Wildman–Crippen LogP) is 3.28. The fourth-order valence-electron chi connectivity index (χ4n) is 4.20. The molecule has 0 saturated carbocycles. The number of H-pyrrole nitrogens is 1. The van der Waals surface area contributed by atoms with E-state index in [1.54, 1.807) is 24.4 Å². The number of nitrogens with one attached hydrogen (secondary N) is 2. The highest BCUT2D eigenvalue weighted by Gasteiger charge is 2.29. The molecule has 5 rings (SSSR count). The van der Waals surface area contributed by atoms with Crippen LogP contribution in [0.1, 0.15) is 17.8 Å². The second-order valence-corrected chi connectivity index (χ2v) is 9.26. The monoisotopic (exact) mass is 547 g/mol. The van der Waals surface area contributed by atoms with Gasteiger partial charge in [0.25, 0.3) is 0 Å². The van der Waals surface area contributed by atoms with Gasteiger partial charge in [-0.1, -0.05) is 30.3 Å². The number of hydrogen-bond acceptors (Lipinski definition) is 8. The smallest absolute Gasteiger partial charge is 0.316 e. The molecule has 0 atom stereocenters. The first kappa shape index (κ1) is 27.4. The molecule has 10 nitrogen and oxygen atoms in total. The van der Waals surface area contributed by atoms with Gasteiger partial charge in [0.2, 0.25) is 5.91 Å². The Balaban J connectivity index is 1.26. The van der Waals surface area contributed by atoms with Crippen LogP contribution in [-0.4, -0.2) is 63.7 Å². The molecule has 1 fully saturated rings. The summed E-state index contributed by atoms with van der Waals surface area (Å²) in [5.41, 5.74) is 3.42. The lowest BCUT2D eigenvalue weighted by molar-refractivity contribution is -0.201. The van der Waals surface area contributed by atoms with Gasteiger partial charge < -0.3 is 29.6 Å². The predicted molar refractivity (Wildman–Crippen MR) is 143 cm³/mol. The van der Waals surface area contributed by atoms with E-state index < -0.39 is 12.2 Å². The number of nitrogens with zero attached hydrogens (tertiary/aromatic N) is 3. The number of hydrogen-bond donors (Lipinski definition) is 3. The van der Waals surface area contributed by atoms with Crippen LogP contribution in [0.3, 0.4) is 0 Å². The van der Waals surface area contributed by atoms with E-state index in [4.69, 9.17) is 24.3 Å². The van der Waals surface area contributed by atoms with Crippen molar-refractivity contribution in [3.63, 3.8) is 0 Å². The highest BCUT2D eigenvalue weighted by atomic mass is 19.1. The van der Waals surface area contributed by atoms with Crippen molar-refractivity contribution in [2.24, 2.45) is 5.92 Å². The lowest BCUT2D eigenvalue weighted by atomic mass is 10.1. The van der Waals surface area contributed by atoms with Gasteiger partial charge in [0.1, 0.15) is 11.6 Å². The van der Waals surface area contributed by atoms with Crippen molar-refractivity contribution in [3.05, 3.63) is 84.1 Å². The molecular weight excluding hydrogens is 517 g/mol. The van der Waals surface area contributed by atoms with Crippen molar-refractivity contribution in [3.8, 4) is 28.7 Å². The van der Waals surface area contributed by atoms with Crippen molar-refractivity contribution in [1.29, 1.82) is 0 Å². The second kappa shape index (κ2) is 13.2. The fraction of sp³-hybridized carbons (Fsp3) is 0.310. The molecule has 0 radical (unpaired) electrons. The van der Waals surface area contributed by atoms with Crippen LogP contribution >= 0.6 is 0 Å². The van der Waals surface area contributed by atoms with E-state index in [1.807, 2.05) is 30.3 Å². The SMILES string of the molecule is O=C(NCc1ccccc1)C1COC(Cc2nc(-c3ccc(F)cc3)c(-c3ccnc(OCCCO)n3)[nH]2)OC1. The number of halogens is 1. The van der Waals surface area contributed by atoms with Crippen LogP contribution in [0.15, 0.2) is 66.9 Å². The van der Waals surface area contributed by atoms with Crippen LogP contribution in [0.2, 0.25) is 0 Å². The van der Waals surface area contributed by atoms with E-state index in [9.17, 15) is 9.18 Å². The molecule has 1 aliphatic rings. The maximum absolute atomic E-state index is 13.6. The summed E-state index contributed by atoms with van der Waals surface area (Å²) in [5.74, 6) is -0.309. The second-order valence-electron chi connectivity index (χ2n) is 9.26. The summed E-state index contributed by atoms with van der Waals surface area (Å²) in [6.07, 6.45) is 1.74. The molecule has 0 bridgehead atoms. The number of aliphatic hydroxyl groups excluding tert-OH is 1. The van der Waals surface area contributed by atoms with Crippen molar-refractivity contribution in [1.82, 2.24) is 25.3 Å². The number of carbonyl (C=O) groups is 1. The van der Waals surface area contributed by atoms with Gasteiger partial charge in [-0.2, -0.15) is 4.98 Å². The number of rotatable bonds is 11. The van der Waals surface area contributed by atoms with Gasteiger partial charge in [-0.05, 0) is 35.9 Å². The largest absolute Gasteiger partial charge is 0.463 e. The van der Waals surface area contributed by atoms with E-state index in [1.165, 1.54) is 12.1 Å². The Hall–Kier alpha value is -4.19. The molecule has 0 unspecified atom stereocenters. The van der Waals surface area contributed by atoms with E-state index in [0.717, 1.165) is 5.56 Å². The van der Waals surface area contributed by atoms with Crippen molar-refractivity contribution >= 4 is 5.91 Å². The van der Waals surface area contributed by atoms with Crippen LogP contribution < -0.4 is 10.1 Å². The molecule has 2 aromatic carbocycles. The van der Waals surface area contributed by atoms with Crippen LogP contribution in [0.25, 0.3) is 22.6 Å². The molecule has 208 valence electrons. The summed E-state index contributed by atoms with van der Waals surface area (Å²) in [6.45, 7) is 1.18. The van der Waals surface area contributed by atoms with Crippen LogP contribution in [0.4, 0.5) is 4.39 Å². The van der Waals surface area contributed by atoms with Crippen LogP contribution in [-0.2, 0) is 27.2 Å². The fourth-order valence-corrected chi connectivity index (χ4v) is 4.20. The highest BCUT2D eigenvalue weighted by Crippen LogP contribution is 2.30. The van der Waals surface area contributed by atoms with Crippen LogP contribution in [0, 0.1) is 11.7 Å². The first-order chi connectivity index (χ1) is 19.6. The molecule has 1 amide bonds. The summed E-state index contributed by atoms with van der Waals surface area (Å²) in [6, 6.07) is 17.6. The highest BCUT2D eigenvalue weighted by molar-refractivity contribution is 5.79. The molecule has 3 heterocycles. The molecule has 40 heavy (non-hydrogen) atoms. The number of aromatic nitrogens is 4. The third-order valence-corrected chi connectivity index (χ3v) is 6.30. The third kappa shape index (κ3) is 7.06. The van der Waals surface area contributed by atoms with E-state index in [0.29, 0.717) is 47.9 Å². The minimum Gasteiger partial charge on any atom is -0.463 e. The van der Waals surface area contributed by atoms with E-state index in [-0.39, 0.29) is 44.2 Å². The molecule has 0 spiro atoms. The van der Waals surface area contributed by atoms with Gasteiger partial charge in [0, 0.05) is 31.3 Å². The Labute approximate surface area is 230 Å². The number of aliphatic hydroxyl groups is 1. The lowest BCUT2D eigenvalue weighted by Crippen LogP contribution is -2.42. The van der Waals surface area contributed by atoms with Gasteiger partial charge in [0.05, 0.1) is 49.2 Å². The third-order valence-electron chi connectivity index (χ3n) is 6.30. The Morgan fingerprint density at radius 3 is 2.60 bits per heavy atom. The standard InChI is InChI=1S/C29H30FN5O5/c30-22-9-7-20(8-10-22)26-27(23-11-12-31-29(33-23)38-14-4-13-36)35-24(34-26)15-25-39-17-21(18-40-25)28(37)32-16-19-5-2-1-3-6-19/h1-3,5-12,21,25,36H,4,13-18H2,(H,32,37)(H,34,35). The Morgan fingerprint density at radius 2 is 1.85 bits per heavy atom. The molecule has 3 N–H and O–H groups in total. The van der Waals surface area contributed by atoms with Gasteiger partial charge in [-0.25, -0.2) is 14.4 Å². The quantitative estimate of drug-likeness (QED) is 0.244. The maximum Gasteiger partial charge on any atom is 0.316 e. The zero-order valence-corrected chi connectivity index (χ0v) is 21.8. The molecule has 1 aliphatic heterocycles. The summed E-state index contributed by atoms with van der Waals surface area (Å²) >= 11 is 0. The molecule has 0 aliphatic carbocycles. The first-order valence-corrected chi connectivity index (χ1v) is 13.1. The zero-order valence-electron chi connectivity index (χ0n) is 21.8. The average molecular weight is 548 g/mol. The van der Waals surface area contributed by atoms with E-state index >= 15 is 0 Å². The number of carbonyl (C=O) groups excluding carboxylic acids is 1. The number of aromatic amines is 1. The molecule has 2 aromatic heterocycles. The van der Waals surface area contributed by atoms with Gasteiger partial charge in [-0.3, -0.25) is 4.79 Å². The van der Waals surface area contributed by atoms with Crippen LogP contribution in [0.5, 0.6) is 6.01 Å². The van der Waals surface area contributed by atoms with Gasteiger partial charge in [-0.15, -0.1) is 0 Å². The molecular formula is C29H30FN5O5. The minimum absolute atomic E-state index is 0.00271. The molecule has 11 heteroatoms. The number of imidazole rings is 1. The number of ether oxygens (including phenoxy) is 3. The summed E-state index contributed by atoms with van der Waals surface area (Å²) < 4.78 is 30.9. The van der Waals surface area contributed by atoms with Crippen molar-refractivity contribution < 1.29 is 28.5 Å². The Kier molecular flexibility index (Phi) is 9.07. The average Bonchev–Trinajstić information content (AvgIpc) is 3.41. The molecule has 1 saturated heterocycles.